The van der Waals surface area contributed by atoms with E-state index in [9.17, 15) is 0 Å². The first-order valence-electron chi connectivity index (χ1n) is 16.9. The third kappa shape index (κ3) is 4.01. The number of hydrogen-bond donors (Lipinski definition) is 0. The zero-order chi connectivity index (χ0) is 32.4. The maximum Gasteiger partial charge on any atom is 0.132 e. The van der Waals surface area contributed by atoms with Crippen LogP contribution in [0, 0.1) is 0 Å². The SMILES string of the molecule is c1ccc(C2(c3ccccc3)c3ccccc3Oc3ccc(-c4ccccc4-n4c5ccccc5c5ccc6ccccc6c54)cc32)cc1. The minimum absolute atomic E-state index is 0.583. The van der Waals surface area contributed by atoms with Gasteiger partial charge in [-0.05, 0) is 52.4 Å². The van der Waals surface area contributed by atoms with Crippen molar-refractivity contribution in [3.05, 3.63) is 210 Å². The molecule has 9 aromatic rings. The smallest absolute Gasteiger partial charge is 0.132 e. The highest BCUT2D eigenvalue weighted by Crippen LogP contribution is 2.56. The van der Waals surface area contributed by atoms with Gasteiger partial charge in [-0.15, -0.1) is 0 Å². The molecule has 2 nitrogen and oxygen atoms in total. The minimum Gasteiger partial charge on any atom is -0.457 e. The molecule has 8 aromatic carbocycles. The maximum absolute atomic E-state index is 6.73. The van der Waals surface area contributed by atoms with Crippen molar-refractivity contribution in [3.8, 4) is 28.3 Å². The molecule has 230 valence electrons. The third-order valence-corrected chi connectivity index (χ3v) is 10.3. The molecule has 1 aliphatic rings. The highest BCUT2D eigenvalue weighted by molar-refractivity contribution is 6.18. The number of para-hydroxylation sites is 3. The Labute approximate surface area is 285 Å². The molecule has 49 heavy (non-hydrogen) atoms. The number of ether oxygens (including phenoxy) is 1. The van der Waals surface area contributed by atoms with Crippen molar-refractivity contribution in [2.24, 2.45) is 0 Å². The molecule has 1 aromatic heterocycles. The molecule has 2 heterocycles. The first-order valence-corrected chi connectivity index (χ1v) is 16.9. The fraction of sp³-hybridized carbons (Fsp3) is 0.0213. The zero-order valence-corrected chi connectivity index (χ0v) is 26.8. The number of hydrogen-bond acceptors (Lipinski definition) is 1. The highest BCUT2D eigenvalue weighted by atomic mass is 16.5. The van der Waals surface area contributed by atoms with Gasteiger partial charge in [0.05, 0.1) is 22.1 Å². The van der Waals surface area contributed by atoms with E-state index < -0.39 is 5.41 Å². The van der Waals surface area contributed by atoms with E-state index in [1.807, 2.05) is 0 Å². The number of rotatable bonds is 4. The van der Waals surface area contributed by atoms with Gasteiger partial charge in [0, 0.05) is 32.8 Å². The predicted octanol–water partition coefficient (Wildman–Crippen LogP) is 12.1. The summed E-state index contributed by atoms with van der Waals surface area (Å²) in [6.45, 7) is 0. The average Bonchev–Trinajstić information content (AvgIpc) is 3.52. The second kappa shape index (κ2) is 10.8. The fourth-order valence-electron chi connectivity index (χ4n) is 8.27. The number of fused-ring (bicyclic) bond motifs is 7. The Balaban J connectivity index is 1.29. The number of nitrogens with zero attached hydrogens (tertiary/aromatic N) is 1. The molecule has 0 atom stereocenters. The van der Waals surface area contributed by atoms with E-state index in [0.717, 1.165) is 39.4 Å². The van der Waals surface area contributed by atoms with Gasteiger partial charge in [-0.3, -0.25) is 0 Å². The monoisotopic (exact) mass is 625 g/mol. The topological polar surface area (TPSA) is 14.2 Å². The van der Waals surface area contributed by atoms with Crippen molar-refractivity contribution in [2.75, 3.05) is 0 Å². The summed E-state index contributed by atoms with van der Waals surface area (Å²) in [4.78, 5) is 0. The van der Waals surface area contributed by atoms with Gasteiger partial charge in [-0.1, -0.05) is 158 Å². The van der Waals surface area contributed by atoms with Crippen LogP contribution in [-0.4, -0.2) is 4.57 Å². The van der Waals surface area contributed by atoms with Crippen molar-refractivity contribution in [2.45, 2.75) is 5.41 Å². The lowest BCUT2D eigenvalue weighted by molar-refractivity contribution is 0.434. The van der Waals surface area contributed by atoms with Crippen LogP contribution in [-0.2, 0) is 5.41 Å². The molecule has 0 unspecified atom stereocenters. The molecule has 0 amide bonds. The average molecular weight is 626 g/mol. The Morgan fingerprint density at radius 2 is 1.06 bits per heavy atom. The molecule has 2 heteroatoms. The van der Waals surface area contributed by atoms with Gasteiger partial charge >= 0.3 is 0 Å². The van der Waals surface area contributed by atoms with Gasteiger partial charge < -0.3 is 9.30 Å². The van der Waals surface area contributed by atoms with E-state index in [-0.39, 0.29) is 0 Å². The molecular weight excluding hydrogens is 595 g/mol. The number of benzene rings is 8. The van der Waals surface area contributed by atoms with Crippen LogP contribution in [0.3, 0.4) is 0 Å². The van der Waals surface area contributed by atoms with Crippen LogP contribution in [0.15, 0.2) is 188 Å². The summed E-state index contributed by atoms with van der Waals surface area (Å²) in [5.74, 6) is 1.75. The Morgan fingerprint density at radius 1 is 0.429 bits per heavy atom. The van der Waals surface area contributed by atoms with E-state index in [2.05, 4.69) is 193 Å². The first kappa shape index (κ1) is 27.7. The van der Waals surface area contributed by atoms with Gasteiger partial charge in [0.1, 0.15) is 11.5 Å². The molecule has 0 radical (unpaired) electrons. The molecule has 1 aliphatic heterocycles. The lowest BCUT2D eigenvalue weighted by Crippen LogP contribution is -2.34. The largest absolute Gasteiger partial charge is 0.457 e. The molecule has 0 fully saturated rings. The van der Waals surface area contributed by atoms with Crippen LogP contribution < -0.4 is 4.74 Å². The van der Waals surface area contributed by atoms with E-state index in [1.54, 1.807) is 0 Å². The van der Waals surface area contributed by atoms with E-state index in [0.29, 0.717) is 0 Å². The van der Waals surface area contributed by atoms with Gasteiger partial charge in [-0.25, -0.2) is 0 Å². The van der Waals surface area contributed by atoms with Crippen molar-refractivity contribution in [1.29, 1.82) is 0 Å². The van der Waals surface area contributed by atoms with Crippen molar-refractivity contribution in [1.82, 2.24) is 4.57 Å². The van der Waals surface area contributed by atoms with Crippen LogP contribution in [0.1, 0.15) is 22.3 Å². The lowest BCUT2D eigenvalue weighted by atomic mass is 9.63. The van der Waals surface area contributed by atoms with E-state index >= 15 is 0 Å². The summed E-state index contributed by atoms with van der Waals surface area (Å²) in [5, 5.41) is 4.98. The summed E-state index contributed by atoms with van der Waals surface area (Å²) >= 11 is 0. The van der Waals surface area contributed by atoms with E-state index in [4.69, 9.17) is 4.74 Å². The molecule has 0 bridgehead atoms. The second-order valence-corrected chi connectivity index (χ2v) is 12.8. The van der Waals surface area contributed by atoms with Crippen LogP contribution in [0.25, 0.3) is 49.4 Å². The molecule has 0 N–H and O–H groups in total. The Morgan fingerprint density at radius 3 is 1.88 bits per heavy atom. The Kier molecular flexibility index (Phi) is 6.13. The summed E-state index contributed by atoms with van der Waals surface area (Å²) in [6.07, 6.45) is 0. The summed E-state index contributed by atoms with van der Waals surface area (Å²) in [6, 6.07) is 67.9. The molecular formula is C47H31NO. The third-order valence-electron chi connectivity index (χ3n) is 10.3. The summed E-state index contributed by atoms with van der Waals surface area (Å²) < 4.78 is 9.19. The zero-order valence-electron chi connectivity index (χ0n) is 26.8. The van der Waals surface area contributed by atoms with Gasteiger partial charge in [-0.2, -0.15) is 0 Å². The van der Waals surface area contributed by atoms with Crippen LogP contribution >= 0.6 is 0 Å². The quantitative estimate of drug-likeness (QED) is 0.190. The Hall–Kier alpha value is -6.38. The second-order valence-electron chi connectivity index (χ2n) is 12.8. The lowest BCUT2D eigenvalue weighted by Gasteiger charge is -2.41. The van der Waals surface area contributed by atoms with Crippen LogP contribution in [0.5, 0.6) is 11.5 Å². The fourth-order valence-corrected chi connectivity index (χ4v) is 8.27. The van der Waals surface area contributed by atoms with Crippen LogP contribution in [0.2, 0.25) is 0 Å². The standard InChI is InChI=1S/C47H31NO/c1-3-16-34(17-4-1)47(35-18-5-2-6-19-35)40-23-11-14-26-44(40)49-45-30-28-33(31-41(45)47)36-20-9-12-24-42(36)48-43-25-13-10-22-38(43)39-29-27-32-15-7-8-21-37(32)46(39)48/h1-31H. The molecule has 0 aliphatic carbocycles. The first-order chi connectivity index (χ1) is 24.3. The maximum atomic E-state index is 6.73. The van der Waals surface area contributed by atoms with Crippen LogP contribution in [0.4, 0.5) is 0 Å². The Bertz CT molecular complexity index is 2650. The van der Waals surface area contributed by atoms with E-state index in [1.165, 1.54) is 43.7 Å². The van der Waals surface area contributed by atoms with Gasteiger partial charge in [0.15, 0.2) is 0 Å². The van der Waals surface area contributed by atoms with Crippen molar-refractivity contribution in [3.63, 3.8) is 0 Å². The molecule has 0 saturated heterocycles. The normalized spacial score (nSPS) is 13.2. The molecule has 0 saturated carbocycles. The summed E-state index contributed by atoms with van der Waals surface area (Å²) in [5.41, 5.74) is 9.96. The molecule has 10 rings (SSSR count). The van der Waals surface area contributed by atoms with Gasteiger partial charge in [0.25, 0.3) is 0 Å². The minimum atomic E-state index is -0.583. The number of aromatic nitrogens is 1. The summed E-state index contributed by atoms with van der Waals surface area (Å²) in [7, 11) is 0. The van der Waals surface area contributed by atoms with Crippen molar-refractivity contribution < 1.29 is 4.74 Å². The molecule has 0 spiro atoms. The highest BCUT2D eigenvalue weighted by Gasteiger charge is 2.45. The van der Waals surface area contributed by atoms with Crippen molar-refractivity contribution >= 4 is 32.6 Å². The van der Waals surface area contributed by atoms with Gasteiger partial charge in [0.2, 0.25) is 0 Å². The predicted molar refractivity (Wildman–Crippen MR) is 202 cm³/mol.